The number of anilines is 2. The molecule has 0 saturated carbocycles. The Morgan fingerprint density at radius 1 is 1.10 bits per heavy atom. The molecule has 1 rings (SSSR count). The van der Waals surface area contributed by atoms with Gasteiger partial charge in [-0.15, -0.1) is 0 Å². The van der Waals surface area contributed by atoms with Gasteiger partial charge in [0.15, 0.2) is 0 Å². The molecule has 0 aliphatic heterocycles. The minimum Gasteiger partial charge on any atom is -0.373 e. The fourth-order valence-corrected chi connectivity index (χ4v) is 2.38. The first-order valence-electron chi connectivity index (χ1n) is 7.86. The number of aromatic nitrogens is 2. The second-order valence-corrected chi connectivity index (χ2v) is 5.92. The van der Waals surface area contributed by atoms with E-state index in [1.165, 1.54) is 24.8 Å². The molecule has 1 unspecified atom stereocenters. The summed E-state index contributed by atoms with van der Waals surface area (Å²) in [5.74, 6) is 2.72. The van der Waals surface area contributed by atoms with Gasteiger partial charge >= 0.3 is 0 Å². The van der Waals surface area contributed by atoms with Gasteiger partial charge in [-0.3, -0.25) is 0 Å². The zero-order valence-corrected chi connectivity index (χ0v) is 13.7. The molecule has 0 aliphatic rings. The topological polar surface area (TPSA) is 49.8 Å². The Kier molecular flexibility index (Phi) is 7.34. The molecule has 4 heteroatoms. The van der Waals surface area contributed by atoms with Crippen LogP contribution in [0.2, 0.25) is 0 Å². The number of nitrogens with zero attached hydrogens (tertiary/aromatic N) is 2. The van der Waals surface area contributed by atoms with E-state index in [1.807, 2.05) is 7.05 Å². The third-order valence-electron chi connectivity index (χ3n) is 3.48. The van der Waals surface area contributed by atoms with Gasteiger partial charge in [-0.1, -0.05) is 40.0 Å². The zero-order chi connectivity index (χ0) is 15.0. The summed E-state index contributed by atoms with van der Waals surface area (Å²) in [4.78, 5) is 8.73. The number of hydrogen-bond donors (Lipinski definition) is 2. The summed E-state index contributed by atoms with van der Waals surface area (Å²) >= 11 is 0. The first-order chi connectivity index (χ1) is 9.58. The number of nitrogens with one attached hydrogen (secondary N) is 2. The van der Waals surface area contributed by atoms with Crippen molar-refractivity contribution in [3.05, 3.63) is 11.9 Å². The minimum absolute atomic E-state index is 0.448. The third-order valence-corrected chi connectivity index (χ3v) is 3.48. The molecule has 20 heavy (non-hydrogen) atoms. The third kappa shape index (κ3) is 5.35. The lowest BCUT2D eigenvalue weighted by atomic mass is 10.0. The molecule has 1 heterocycles. The summed E-state index contributed by atoms with van der Waals surface area (Å²) in [5.41, 5.74) is 1.20. The van der Waals surface area contributed by atoms with Crippen LogP contribution in [0.3, 0.4) is 0 Å². The maximum Gasteiger partial charge on any atom is 0.134 e. The normalized spacial score (nSPS) is 12.5. The van der Waals surface area contributed by atoms with Gasteiger partial charge in [-0.05, 0) is 25.7 Å². The van der Waals surface area contributed by atoms with Crippen LogP contribution in [0.25, 0.3) is 0 Å². The van der Waals surface area contributed by atoms with Crippen molar-refractivity contribution in [3.63, 3.8) is 0 Å². The van der Waals surface area contributed by atoms with Gasteiger partial charge in [0.05, 0.1) is 0 Å². The van der Waals surface area contributed by atoms with Crippen LogP contribution in [0.4, 0.5) is 11.6 Å². The Labute approximate surface area is 123 Å². The number of hydrogen-bond acceptors (Lipinski definition) is 4. The van der Waals surface area contributed by atoms with E-state index in [4.69, 9.17) is 0 Å². The highest BCUT2D eigenvalue weighted by molar-refractivity contribution is 5.57. The van der Waals surface area contributed by atoms with E-state index in [2.05, 4.69) is 48.3 Å². The summed E-state index contributed by atoms with van der Waals surface area (Å²) in [6, 6.07) is 0.448. The Balaban J connectivity index is 2.66. The molecule has 0 fully saturated rings. The second-order valence-electron chi connectivity index (χ2n) is 5.92. The van der Waals surface area contributed by atoms with Crippen LogP contribution < -0.4 is 10.6 Å². The first-order valence-corrected chi connectivity index (χ1v) is 7.86. The standard InChI is InChI=1S/C16H30N4/c1-6-8-14-15(17-5)18-11-19-16(14)20-13(4)10-7-9-12(2)3/h11-13H,6-10H2,1-5H3,(H2,17,18,19,20). The zero-order valence-electron chi connectivity index (χ0n) is 13.7. The molecule has 0 saturated heterocycles. The Morgan fingerprint density at radius 3 is 2.40 bits per heavy atom. The van der Waals surface area contributed by atoms with Gasteiger partial charge in [0.1, 0.15) is 18.0 Å². The van der Waals surface area contributed by atoms with Gasteiger partial charge in [-0.25, -0.2) is 9.97 Å². The largest absolute Gasteiger partial charge is 0.373 e. The molecule has 0 amide bonds. The predicted molar refractivity (Wildman–Crippen MR) is 87.3 cm³/mol. The molecule has 0 bridgehead atoms. The van der Waals surface area contributed by atoms with Crippen LogP contribution >= 0.6 is 0 Å². The van der Waals surface area contributed by atoms with Crippen molar-refractivity contribution < 1.29 is 0 Å². The van der Waals surface area contributed by atoms with Crippen LogP contribution in [0.5, 0.6) is 0 Å². The summed E-state index contributed by atoms with van der Waals surface area (Å²) in [6.45, 7) is 8.97. The van der Waals surface area contributed by atoms with Crippen LogP contribution in [0, 0.1) is 5.92 Å². The first kappa shape index (κ1) is 16.7. The van der Waals surface area contributed by atoms with E-state index in [0.717, 1.165) is 30.4 Å². The van der Waals surface area contributed by atoms with Gasteiger partial charge in [0.2, 0.25) is 0 Å². The maximum absolute atomic E-state index is 4.43. The maximum atomic E-state index is 4.43. The molecule has 1 aromatic rings. The highest BCUT2D eigenvalue weighted by atomic mass is 15.1. The molecule has 0 aliphatic carbocycles. The predicted octanol–water partition coefficient (Wildman–Crippen LogP) is 4.10. The fourth-order valence-electron chi connectivity index (χ4n) is 2.38. The average Bonchev–Trinajstić information content (AvgIpc) is 2.40. The molecular formula is C16H30N4. The molecule has 2 N–H and O–H groups in total. The average molecular weight is 278 g/mol. The van der Waals surface area contributed by atoms with Crippen LogP contribution in [0.1, 0.15) is 58.9 Å². The lowest BCUT2D eigenvalue weighted by Crippen LogP contribution is -2.18. The van der Waals surface area contributed by atoms with Crippen LogP contribution in [-0.2, 0) is 6.42 Å². The molecule has 114 valence electrons. The van der Waals surface area contributed by atoms with Crippen molar-refractivity contribution in [1.29, 1.82) is 0 Å². The molecule has 0 spiro atoms. The van der Waals surface area contributed by atoms with Crippen molar-refractivity contribution >= 4 is 11.6 Å². The van der Waals surface area contributed by atoms with Crippen molar-refractivity contribution in [2.75, 3.05) is 17.7 Å². The number of rotatable bonds is 9. The van der Waals surface area contributed by atoms with E-state index in [-0.39, 0.29) is 0 Å². The monoisotopic (exact) mass is 278 g/mol. The summed E-state index contributed by atoms with van der Waals surface area (Å²) in [6.07, 6.45) is 7.46. The van der Waals surface area contributed by atoms with Crippen molar-refractivity contribution in [2.24, 2.45) is 5.92 Å². The Morgan fingerprint density at radius 2 is 1.80 bits per heavy atom. The Hall–Kier alpha value is -1.32. The van der Waals surface area contributed by atoms with E-state index in [1.54, 1.807) is 6.33 Å². The quantitative estimate of drug-likeness (QED) is 0.714. The highest BCUT2D eigenvalue weighted by Gasteiger charge is 2.12. The van der Waals surface area contributed by atoms with Gasteiger partial charge < -0.3 is 10.6 Å². The van der Waals surface area contributed by atoms with Gasteiger partial charge in [0, 0.05) is 18.7 Å². The smallest absolute Gasteiger partial charge is 0.134 e. The molecule has 4 nitrogen and oxygen atoms in total. The lowest BCUT2D eigenvalue weighted by molar-refractivity contribution is 0.519. The van der Waals surface area contributed by atoms with Gasteiger partial charge in [0.25, 0.3) is 0 Å². The van der Waals surface area contributed by atoms with Crippen molar-refractivity contribution in [1.82, 2.24) is 9.97 Å². The van der Waals surface area contributed by atoms with E-state index >= 15 is 0 Å². The summed E-state index contributed by atoms with van der Waals surface area (Å²) in [7, 11) is 1.91. The van der Waals surface area contributed by atoms with E-state index < -0.39 is 0 Å². The Bertz CT molecular complexity index is 390. The summed E-state index contributed by atoms with van der Waals surface area (Å²) < 4.78 is 0. The van der Waals surface area contributed by atoms with Crippen LogP contribution in [-0.4, -0.2) is 23.1 Å². The van der Waals surface area contributed by atoms with Crippen LogP contribution in [0.15, 0.2) is 6.33 Å². The SMILES string of the molecule is CCCc1c(NC)ncnc1NC(C)CCCC(C)C. The van der Waals surface area contributed by atoms with Crippen molar-refractivity contribution in [2.45, 2.75) is 65.8 Å². The fraction of sp³-hybridized carbons (Fsp3) is 0.750. The minimum atomic E-state index is 0.448. The van der Waals surface area contributed by atoms with E-state index in [9.17, 15) is 0 Å². The summed E-state index contributed by atoms with van der Waals surface area (Å²) in [5, 5.41) is 6.71. The molecule has 0 radical (unpaired) electrons. The molecule has 1 aromatic heterocycles. The molecule has 1 atom stereocenters. The van der Waals surface area contributed by atoms with Crippen molar-refractivity contribution in [3.8, 4) is 0 Å². The molecule has 0 aromatic carbocycles. The second kappa shape index (κ2) is 8.77. The highest BCUT2D eigenvalue weighted by Crippen LogP contribution is 2.22. The molecular weight excluding hydrogens is 248 g/mol. The van der Waals surface area contributed by atoms with E-state index in [0.29, 0.717) is 6.04 Å². The lowest BCUT2D eigenvalue weighted by Gasteiger charge is -2.18. The van der Waals surface area contributed by atoms with Gasteiger partial charge in [-0.2, -0.15) is 0 Å².